The van der Waals surface area contributed by atoms with Crippen molar-refractivity contribution in [3.63, 3.8) is 0 Å². The summed E-state index contributed by atoms with van der Waals surface area (Å²) in [7, 11) is -4.01. The number of sulfonamides is 1. The summed E-state index contributed by atoms with van der Waals surface area (Å²) in [4.78, 5) is 36.7. The highest BCUT2D eigenvalue weighted by molar-refractivity contribution is 7.89. The number of hydrogen-bond acceptors (Lipinski definition) is 6. The van der Waals surface area contributed by atoms with E-state index in [1.54, 1.807) is 0 Å². The van der Waals surface area contributed by atoms with E-state index in [4.69, 9.17) is 10.2 Å². The van der Waals surface area contributed by atoms with E-state index in [0.29, 0.717) is 6.07 Å². The molecule has 2 heterocycles. The first-order valence-electron chi connectivity index (χ1n) is 9.00. The summed E-state index contributed by atoms with van der Waals surface area (Å²) in [6, 6.07) is 4.57. The largest absolute Gasteiger partial charge is 0.438 e. The molecule has 1 aromatic carbocycles. The standard InChI is InChI=1S/C18H18F2N4O6S/c19-12-7-11(8-13(20)9-12)18(27)22-10-15(25)23-3-5-24(6-4-23)31(28,29)16-2-1-14(30-16)17(21)26/h1-2,7-9H,3-6,10H2,(H2,21,26)(H,22,27). The van der Waals surface area contributed by atoms with E-state index in [1.807, 2.05) is 0 Å². The Morgan fingerprint density at radius 1 is 1.03 bits per heavy atom. The van der Waals surface area contributed by atoms with Crippen molar-refractivity contribution in [1.82, 2.24) is 14.5 Å². The Hall–Kier alpha value is -3.32. The highest BCUT2D eigenvalue weighted by Gasteiger charge is 2.32. The molecule has 3 rings (SSSR count). The van der Waals surface area contributed by atoms with Crippen molar-refractivity contribution in [3.8, 4) is 0 Å². The van der Waals surface area contributed by atoms with Crippen molar-refractivity contribution in [1.29, 1.82) is 0 Å². The van der Waals surface area contributed by atoms with Crippen LogP contribution in [0.1, 0.15) is 20.9 Å². The molecule has 166 valence electrons. The van der Waals surface area contributed by atoms with Crippen LogP contribution in [0.5, 0.6) is 0 Å². The van der Waals surface area contributed by atoms with E-state index in [1.165, 1.54) is 4.90 Å². The number of nitrogens with zero attached hydrogens (tertiary/aromatic N) is 2. The van der Waals surface area contributed by atoms with Crippen LogP contribution in [0.2, 0.25) is 0 Å². The number of amides is 3. The van der Waals surface area contributed by atoms with Gasteiger partial charge in [-0.3, -0.25) is 14.4 Å². The number of piperazine rings is 1. The first-order chi connectivity index (χ1) is 14.6. The second kappa shape index (κ2) is 8.81. The molecule has 13 heteroatoms. The minimum absolute atomic E-state index is 0.0380. The van der Waals surface area contributed by atoms with Crippen molar-refractivity contribution in [2.45, 2.75) is 5.09 Å². The fourth-order valence-electron chi connectivity index (χ4n) is 2.95. The lowest BCUT2D eigenvalue weighted by atomic mass is 10.2. The van der Waals surface area contributed by atoms with E-state index >= 15 is 0 Å². The van der Waals surface area contributed by atoms with Crippen LogP contribution in [-0.2, 0) is 14.8 Å². The summed E-state index contributed by atoms with van der Waals surface area (Å²) in [5, 5.41) is 1.84. The zero-order valence-corrected chi connectivity index (χ0v) is 16.8. The van der Waals surface area contributed by atoms with Gasteiger partial charge >= 0.3 is 0 Å². The van der Waals surface area contributed by atoms with E-state index in [9.17, 15) is 31.6 Å². The Morgan fingerprint density at radius 3 is 2.19 bits per heavy atom. The number of rotatable bonds is 6. The van der Waals surface area contributed by atoms with Gasteiger partial charge in [-0.1, -0.05) is 0 Å². The van der Waals surface area contributed by atoms with Crippen LogP contribution in [0.25, 0.3) is 0 Å². The van der Waals surface area contributed by atoms with Crippen molar-refractivity contribution >= 4 is 27.7 Å². The molecule has 1 fully saturated rings. The molecule has 3 N–H and O–H groups in total. The number of furan rings is 1. The fourth-order valence-corrected chi connectivity index (χ4v) is 4.28. The van der Waals surface area contributed by atoms with Gasteiger partial charge in [0, 0.05) is 37.8 Å². The number of halogens is 2. The van der Waals surface area contributed by atoms with Gasteiger partial charge in [-0.05, 0) is 24.3 Å². The predicted molar refractivity (Wildman–Crippen MR) is 101 cm³/mol. The molecule has 0 saturated carbocycles. The first-order valence-corrected chi connectivity index (χ1v) is 10.4. The third-order valence-corrected chi connectivity index (χ3v) is 6.31. The first kappa shape index (κ1) is 22.4. The van der Waals surface area contributed by atoms with E-state index < -0.39 is 51.0 Å². The topological polar surface area (TPSA) is 143 Å². The molecule has 0 aliphatic carbocycles. The molecule has 1 saturated heterocycles. The van der Waals surface area contributed by atoms with Gasteiger partial charge in [-0.15, -0.1) is 0 Å². The molecule has 31 heavy (non-hydrogen) atoms. The van der Waals surface area contributed by atoms with Crippen molar-refractivity contribution in [2.24, 2.45) is 5.73 Å². The maximum atomic E-state index is 13.2. The van der Waals surface area contributed by atoms with Crippen LogP contribution in [0.3, 0.4) is 0 Å². The molecular weight excluding hydrogens is 438 g/mol. The summed E-state index contributed by atoms with van der Waals surface area (Å²) in [5.74, 6) is -4.35. The van der Waals surface area contributed by atoms with Gasteiger partial charge in [-0.2, -0.15) is 4.31 Å². The Kier molecular flexibility index (Phi) is 6.36. The Balaban J connectivity index is 1.54. The van der Waals surface area contributed by atoms with Crippen LogP contribution in [-0.4, -0.2) is 68.1 Å². The summed E-state index contributed by atoms with van der Waals surface area (Å²) in [6.45, 7) is -0.408. The SMILES string of the molecule is NC(=O)c1ccc(S(=O)(=O)N2CCN(C(=O)CNC(=O)c3cc(F)cc(F)c3)CC2)o1. The van der Waals surface area contributed by atoms with Crippen LogP contribution < -0.4 is 11.1 Å². The van der Waals surface area contributed by atoms with Crippen LogP contribution in [0.15, 0.2) is 39.8 Å². The highest BCUT2D eigenvalue weighted by atomic mass is 32.2. The lowest BCUT2D eigenvalue weighted by Crippen LogP contribution is -2.52. The number of hydrogen-bond donors (Lipinski definition) is 2. The maximum Gasteiger partial charge on any atom is 0.284 e. The lowest BCUT2D eigenvalue weighted by molar-refractivity contribution is -0.131. The van der Waals surface area contributed by atoms with Gasteiger partial charge in [0.05, 0.1) is 6.54 Å². The monoisotopic (exact) mass is 456 g/mol. The van der Waals surface area contributed by atoms with Crippen molar-refractivity contribution < 1.29 is 36.0 Å². The summed E-state index contributed by atoms with van der Waals surface area (Å²) in [6.07, 6.45) is 0. The molecular formula is C18H18F2N4O6S. The van der Waals surface area contributed by atoms with Gasteiger partial charge in [0.2, 0.25) is 11.0 Å². The fraction of sp³-hybridized carbons (Fsp3) is 0.278. The molecule has 1 aliphatic heterocycles. The molecule has 3 amide bonds. The summed E-state index contributed by atoms with van der Waals surface area (Å²) >= 11 is 0. The number of nitrogens with one attached hydrogen (secondary N) is 1. The molecule has 1 aromatic heterocycles. The van der Waals surface area contributed by atoms with Crippen LogP contribution >= 0.6 is 0 Å². The number of carbonyl (C=O) groups excluding carboxylic acids is 3. The second-order valence-electron chi connectivity index (χ2n) is 6.61. The summed E-state index contributed by atoms with van der Waals surface area (Å²) in [5.41, 5.74) is 4.78. The molecule has 0 radical (unpaired) electrons. The second-order valence-corrected chi connectivity index (χ2v) is 8.48. The molecule has 0 unspecified atom stereocenters. The number of benzene rings is 1. The molecule has 0 spiro atoms. The van der Waals surface area contributed by atoms with Crippen molar-refractivity contribution in [3.05, 3.63) is 53.3 Å². The molecule has 0 bridgehead atoms. The number of nitrogens with two attached hydrogens (primary N) is 1. The van der Waals surface area contributed by atoms with Crippen molar-refractivity contribution in [2.75, 3.05) is 32.7 Å². The molecule has 1 aliphatic rings. The Morgan fingerprint density at radius 2 is 1.65 bits per heavy atom. The third-order valence-electron chi connectivity index (χ3n) is 4.53. The lowest BCUT2D eigenvalue weighted by Gasteiger charge is -2.33. The molecule has 0 atom stereocenters. The average molecular weight is 456 g/mol. The average Bonchev–Trinajstić information content (AvgIpc) is 3.22. The number of carbonyl (C=O) groups is 3. The predicted octanol–water partition coefficient (Wildman–Crippen LogP) is -0.0804. The van der Waals surface area contributed by atoms with Gasteiger partial charge < -0.3 is 20.4 Å². The minimum Gasteiger partial charge on any atom is -0.438 e. The van der Waals surface area contributed by atoms with Crippen LogP contribution in [0.4, 0.5) is 8.78 Å². The normalized spacial score (nSPS) is 15.0. The zero-order valence-electron chi connectivity index (χ0n) is 16.0. The smallest absolute Gasteiger partial charge is 0.284 e. The maximum absolute atomic E-state index is 13.2. The Labute approximate surface area is 175 Å². The van der Waals surface area contributed by atoms with Gasteiger partial charge in [0.25, 0.3) is 21.8 Å². The molecule has 10 nitrogen and oxygen atoms in total. The number of primary amides is 1. The van der Waals surface area contributed by atoms with Gasteiger partial charge in [0.1, 0.15) is 11.6 Å². The Bertz CT molecular complexity index is 1110. The van der Waals surface area contributed by atoms with E-state index in [0.717, 1.165) is 28.6 Å². The van der Waals surface area contributed by atoms with E-state index in [-0.39, 0.29) is 37.5 Å². The summed E-state index contributed by atoms with van der Waals surface area (Å²) < 4.78 is 57.6. The quantitative estimate of drug-likeness (QED) is 0.622. The third kappa shape index (κ3) is 5.06. The highest BCUT2D eigenvalue weighted by Crippen LogP contribution is 2.20. The minimum atomic E-state index is -4.01. The van der Waals surface area contributed by atoms with Gasteiger partial charge in [-0.25, -0.2) is 17.2 Å². The van der Waals surface area contributed by atoms with Crippen LogP contribution in [0, 0.1) is 11.6 Å². The molecule has 2 aromatic rings. The zero-order chi connectivity index (χ0) is 22.8. The van der Waals surface area contributed by atoms with E-state index in [2.05, 4.69) is 5.32 Å². The van der Waals surface area contributed by atoms with Gasteiger partial charge in [0.15, 0.2) is 5.76 Å².